The summed E-state index contributed by atoms with van der Waals surface area (Å²) in [5, 5.41) is 52.8. The van der Waals surface area contributed by atoms with E-state index in [0.29, 0.717) is 9.13 Å². The lowest BCUT2D eigenvalue weighted by Gasteiger charge is -2.35. The summed E-state index contributed by atoms with van der Waals surface area (Å²) in [5.74, 6) is -1.07. The van der Waals surface area contributed by atoms with E-state index in [1.165, 1.54) is 27.7 Å². The van der Waals surface area contributed by atoms with E-state index in [1.807, 2.05) is 15.0 Å². The first-order valence-electron chi connectivity index (χ1n) is 37.0. The van der Waals surface area contributed by atoms with Crippen molar-refractivity contribution < 1.29 is 156 Å². The fraction of sp³-hybridized carbons (Fsp3) is 0.567. The lowest BCUT2D eigenvalue weighted by Crippen LogP contribution is -2.44. The van der Waals surface area contributed by atoms with Gasteiger partial charge in [-0.05, 0) is 27.7 Å². The molecule has 22 N–H and O–H groups in total. The van der Waals surface area contributed by atoms with E-state index in [4.69, 9.17) is 76.1 Å². The number of rotatable bonds is 32. The van der Waals surface area contributed by atoms with Crippen LogP contribution in [0, 0.1) is 27.7 Å². The third kappa shape index (κ3) is 19.3. The van der Waals surface area contributed by atoms with Gasteiger partial charge in [-0.3, -0.25) is 127 Å². The zero-order valence-electron chi connectivity index (χ0n) is 65.3. The third-order valence-electron chi connectivity index (χ3n) is 21.1. The number of nitrogens with zero attached hydrogens (tertiary/aromatic N) is 10. The van der Waals surface area contributed by atoms with Crippen molar-refractivity contribution >= 4 is 80.7 Å². The van der Waals surface area contributed by atoms with Gasteiger partial charge in [-0.2, -0.15) is 9.97 Å². The van der Waals surface area contributed by atoms with Gasteiger partial charge in [0.2, 0.25) is 11.9 Å². The molecule has 6 aliphatic heterocycles. The average molecular weight is 1930 g/mol. The highest BCUT2D eigenvalue weighted by atomic mass is 31.2. The molecule has 0 bridgehead atoms. The van der Waals surface area contributed by atoms with Crippen LogP contribution in [0.5, 0.6) is 0 Å². The number of aryl methyl sites for hydroxylation is 4. The lowest BCUT2D eigenvalue weighted by atomic mass is 10.1. The molecule has 67 heteroatoms. The first-order valence-corrected chi connectivity index (χ1v) is 46.2. The van der Waals surface area contributed by atoms with Gasteiger partial charge in [0.25, 0.3) is 33.4 Å². The van der Waals surface area contributed by atoms with E-state index in [-0.39, 0.29) is 34.3 Å². The van der Waals surface area contributed by atoms with Gasteiger partial charge in [-0.25, -0.2) is 47.4 Å². The van der Waals surface area contributed by atoms with Gasteiger partial charge in [-0.15, -0.1) is 0 Å². The van der Waals surface area contributed by atoms with Gasteiger partial charge in [-0.1, -0.05) is 0 Å². The monoisotopic (exact) mass is 1920 g/mol. The maximum atomic E-state index is 15.2. The molecule has 6 aliphatic rings. The number of nitrogens with two attached hydrogens (primary N) is 2. The maximum Gasteiger partial charge on any atom is 0.472 e. The Balaban J connectivity index is 0.719. The minimum absolute atomic E-state index is 0.0669. The van der Waals surface area contributed by atoms with Crippen LogP contribution in [-0.4, -0.2) is 261 Å². The first kappa shape index (κ1) is 94.4. The van der Waals surface area contributed by atoms with E-state index >= 15 is 4.57 Å². The summed E-state index contributed by atoms with van der Waals surface area (Å²) in [5.41, 5.74) is -0.727. The third-order valence-corrected chi connectivity index (χ3v) is 28.4. The highest BCUT2D eigenvalue weighted by molar-refractivity contribution is 7.55. The van der Waals surface area contributed by atoms with Gasteiger partial charge in [0, 0.05) is 72.7 Å². The Morgan fingerprint density at radius 3 is 1.16 bits per heavy atom. The molecule has 0 spiro atoms. The summed E-state index contributed by atoms with van der Waals surface area (Å²) in [6.45, 7) is -3.43. The number of phosphoric ester groups is 4. The highest BCUT2D eigenvalue weighted by Gasteiger charge is 2.66. The molecular formula is C60H78N18O43P6. The van der Waals surface area contributed by atoms with Crippen molar-refractivity contribution in [1.82, 2.24) is 77.2 Å². The minimum atomic E-state index is -6.24. The predicted molar refractivity (Wildman–Crippen MR) is 411 cm³/mol. The van der Waals surface area contributed by atoms with Gasteiger partial charge >= 0.3 is 69.2 Å². The second kappa shape index (κ2) is 35.2. The smallest absolute Gasteiger partial charge is 0.390 e. The Kier molecular flexibility index (Phi) is 26.2. The molecule has 14 heterocycles. The number of hydrogen-bond acceptors (Lipinski definition) is 42. The minimum Gasteiger partial charge on any atom is -0.390 e. The summed E-state index contributed by atoms with van der Waals surface area (Å²) >= 11 is 0. The Morgan fingerprint density at radius 1 is 0.417 bits per heavy atom. The number of phosphoric acid groups is 4. The van der Waals surface area contributed by atoms with Crippen LogP contribution in [-0.2, 0) is 96.5 Å². The summed E-state index contributed by atoms with van der Waals surface area (Å²) in [6.07, 6.45) is -34.8. The number of aromatic amines is 6. The second-order valence-electron chi connectivity index (χ2n) is 29.7. The van der Waals surface area contributed by atoms with E-state index in [9.17, 15) is 131 Å². The van der Waals surface area contributed by atoms with E-state index < -0.39 is 311 Å². The van der Waals surface area contributed by atoms with Crippen molar-refractivity contribution in [2.75, 3.05) is 51.1 Å². The summed E-state index contributed by atoms with van der Waals surface area (Å²) in [7, 11) is -35.4. The van der Waals surface area contributed by atoms with Crippen molar-refractivity contribution in [3.63, 3.8) is 0 Å². The van der Waals surface area contributed by atoms with Gasteiger partial charge in [0.15, 0.2) is 45.5 Å². The number of hydrogen-bond donors (Lipinski definition) is 20. The molecular weight excluding hydrogens is 1850 g/mol. The van der Waals surface area contributed by atoms with Crippen LogP contribution in [0.3, 0.4) is 0 Å². The molecule has 0 aromatic carbocycles. The quantitative estimate of drug-likeness (QED) is 0.0174. The zero-order valence-corrected chi connectivity index (χ0v) is 70.6. The van der Waals surface area contributed by atoms with Crippen molar-refractivity contribution in [1.29, 1.82) is 0 Å². The van der Waals surface area contributed by atoms with Gasteiger partial charge < -0.3 is 109 Å². The van der Waals surface area contributed by atoms with Crippen LogP contribution in [0.2, 0.25) is 0 Å². The largest absolute Gasteiger partial charge is 0.472 e. The molecule has 8 aromatic heterocycles. The summed E-state index contributed by atoms with van der Waals surface area (Å²) < 4.78 is 172. The molecule has 61 nitrogen and oxygen atoms in total. The number of aromatic nitrogens is 16. The molecule has 6 saturated heterocycles. The van der Waals surface area contributed by atoms with Crippen LogP contribution < -0.4 is 67.6 Å². The van der Waals surface area contributed by atoms with Crippen molar-refractivity contribution in [3.8, 4) is 0 Å². The van der Waals surface area contributed by atoms with Crippen molar-refractivity contribution in [2.24, 2.45) is 0 Å². The van der Waals surface area contributed by atoms with E-state index in [2.05, 4.69) is 39.4 Å². The number of aliphatic hydroxyl groups excluding tert-OH is 3. The fourth-order valence-electron chi connectivity index (χ4n) is 14.6. The van der Waals surface area contributed by atoms with Crippen LogP contribution in [0.1, 0.15) is 85.3 Å². The zero-order chi connectivity index (χ0) is 92.4. The summed E-state index contributed by atoms with van der Waals surface area (Å²) in [6, 6.07) is 0. The number of aliphatic hydroxyl groups is 5. The number of nitrogens with one attached hydrogen (secondary N) is 6. The molecule has 0 radical (unpaired) electrons. The molecule has 6 fully saturated rings. The van der Waals surface area contributed by atoms with Crippen LogP contribution in [0.25, 0.3) is 22.3 Å². The molecule has 0 aliphatic carbocycles. The molecule has 696 valence electrons. The Bertz CT molecular complexity index is 6580. The van der Waals surface area contributed by atoms with Gasteiger partial charge in [0.1, 0.15) is 92.1 Å². The number of ether oxygens (including phenoxy) is 6. The Labute approximate surface area is 701 Å². The Hall–Kier alpha value is -8.68. The average Bonchev–Trinajstić information content (AvgIpc) is 1.62. The maximum absolute atomic E-state index is 15.2. The molecule has 25 atom stereocenters. The number of fused-ring (bicyclic) bond motifs is 2. The van der Waals surface area contributed by atoms with Crippen LogP contribution in [0.15, 0.2) is 85.4 Å². The normalized spacial score (nSPS) is 31.1. The standard InChI is InChI=1S/C60H78N18O43P6/c1-21-9-73(55(88)69-45(21)82)33-5-25(79)27(113-33)13-110-126(103,104)121-42-30(116-52(40(42)81)78-20-64-38-44(78)66-54(62)68-50(38)87)16-112-125(101,102)119-26-6-34(74-10-22(2)46(83)70-56(74)89)114-28(26)14-111-127(105,106)120-41-29(115-51(39(41)80)77-19-63-37-43(77)65-53(61)67-49(37)86)15-107-122(94,95)59(92)7-35(75-11-23(3)47(84)71-57(75)90)117-31(59)17-108-123(96,97)60(93)8-36(118-32(60)18-109-124(98,99)100)76-12-24(4)48(85)72-58(76)91/h9-12,19-20,25-36,39-42,51-52,79-81,92-93H,5-8,13-18H2,1-4H3,(H,94,95)(H,96,97)(H,101,102)(H,103,104)(H,105,106)(H,69,82,88)(H,70,83,89)(H,71,84,90)(H,72,85,91)(H2,98,99,100)(H3,61,65,67,86)(H3,62,66,68,87)/t25-,26-,27+,28+,29+,30+,31+,32+,33+,34+,35+,36+,39+,40+,41+,42+,51+,52+,59+,60+/m0/s1. The molecule has 5 unspecified atom stereocenters. The topological polar surface area (TPSA) is 882 Å². The van der Waals surface area contributed by atoms with Gasteiger partial charge in [0.05, 0.1) is 58.4 Å². The van der Waals surface area contributed by atoms with Crippen LogP contribution in [0.4, 0.5) is 11.9 Å². The molecule has 0 amide bonds. The number of anilines is 2. The number of H-pyrrole nitrogens is 6. The predicted octanol–water partition coefficient (Wildman–Crippen LogP) is -6.72. The molecule has 8 aromatic rings. The van der Waals surface area contributed by atoms with Crippen molar-refractivity contribution in [2.45, 2.75) is 175 Å². The second-order valence-corrected chi connectivity index (χ2v) is 39.3. The first-order chi connectivity index (χ1) is 59.2. The van der Waals surface area contributed by atoms with Crippen molar-refractivity contribution in [3.05, 3.63) is 164 Å². The highest BCUT2D eigenvalue weighted by Crippen LogP contribution is 2.67. The summed E-state index contributed by atoms with van der Waals surface area (Å²) in [4.78, 5) is 234. The Morgan fingerprint density at radius 2 is 0.756 bits per heavy atom. The van der Waals surface area contributed by atoms with E-state index in [0.717, 1.165) is 55.7 Å². The van der Waals surface area contributed by atoms with Crippen LogP contribution >= 0.6 is 46.5 Å². The number of nitrogen functional groups attached to an aromatic ring is 2. The SMILES string of the molecule is Cc1cn([C@H]2C[C@H](OP(=O)(O)OC[C@H]3O[C@@H](n4cnc5c(=O)[nH]c(N)nc54)[C@H](O)[C@@H]3OP(=O)(O)OC[C@H]3O[C@@H](n4cc(C)c(=O)[nH]c4=O)C[C@@H]3O)[C@@H](COP(=O)(O)O[C@H]3[C@@H](O)[C@H](n4cnc5c(=O)[nH]c(N)nc54)O[C@@H]3COP(=O)(O)[C@]3(O)C[C@H](n4cc(C)c(=O)[nH]c4=O)O[C@@H]3COP(=O)(O)[C@]3(O)C[C@H](n4cc(C)c(=O)[nH]c4=O)O[C@@H]3COP(=O)(O)O)O2)c(=O)[nH]c1=O. The van der Waals surface area contributed by atoms with E-state index in [1.54, 1.807) is 0 Å². The molecule has 14 rings (SSSR count). The molecule has 127 heavy (non-hydrogen) atoms. The number of imidazole rings is 2. The molecule has 0 saturated carbocycles. The lowest BCUT2D eigenvalue weighted by molar-refractivity contribution is -0.0763. The fourth-order valence-corrected chi connectivity index (χ4v) is 20.7.